The summed E-state index contributed by atoms with van der Waals surface area (Å²) in [6.45, 7) is 5.93. The van der Waals surface area contributed by atoms with Gasteiger partial charge < -0.3 is 10.1 Å². The van der Waals surface area contributed by atoms with Crippen LogP contribution in [0.2, 0.25) is 0 Å². The third-order valence-electron chi connectivity index (χ3n) is 5.58. The van der Waals surface area contributed by atoms with E-state index in [1.807, 2.05) is 13.0 Å². The van der Waals surface area contributed by atoms with Crippen molar-refractivity contribution < 1.29 is 9.53 Å². The standard InChI is InChI=1S/C25H29N3O3S/c1-3-11-26-23(29)19-9-10-21-22(14-19)27-25(32-16-18-7-4-6-17(2)13-18)28(24(21)30)15-20-8-5-12-31-20/h4,6-7,9-10,13-14,20H,3,5,8,11-12,15-16H2,1-2H3,(H,26,29). The van der Waals surface area contributed by atoms with Crippen LogP contribution < -0.4 is 10.9 Å². The minimum Gasteiger partial charge on any atom is -0.376 e. The van der Waals surface area contributed by atoms with Crippen molar-refractivity contribution in [3.05, 3.63) is 69.5 Å². The van der Waals surface area contributed by atoms with Crippen LogP contribution in [0.1, 0.15) is 47.7 Å². The second-order valence-corrected chi connectivity index (χ2v) is 9.15. The van der Waals surface area contributed by atoms with E-state index in [1.165, 1.54) is 11.1 Å². The molecule has 0 spiro atoms. The number of rotatable bonds is 8. The van der Waals surface area contributed by atoms with E-state index in [-0.39, 0.29) is 17.6 Å². The highest BCUT2D eigenvalue weighted by Crippen LogP contribution is 2.25. The van der Waals surface area contributed by atoms with Gasteiger partial charge >= 0.3 is 0 Å². The Balaban J connectivity index is 1.70. The number of thioether (sulfide) groups is 1. The topological polar surface area (TPSA) is 73.2 Å². The van der Waals surface area contributed by atoms with Gasteiger partial charge in [-0.1, -0.05) is 48.5 Å². The molecule has 0 bridgehead atoms. The van der Waals surface area contributed by atoms with Crippen LogP contribution in [0, 0.1) is 6.92 Å². The molecule has 3 aromatic rings. The van der Waals surface area contributed by atoms with Gasteiger partial charge in [0.2, 0.25) is 0 Å². The molecule has 0 saturated carbocycles. The second-order valence-electron chi connectivity index (χ2n) is 8.21. The van der Waals surface area contributed by atoms with Gasteiger partial charge in [0.25, 0.3) is 11.5 Å². The van der Waals surface area contributed by atoms with Crippen LogP contribution in [0.5, 0.6) is 0 Å². The highest BCUT2D eigenvalue weighted by atomic mass is 32.2. The molecule has 1 saturated heterocycles. The van der Waals surface area contributed by atoms with Crippen molar-refractivity contribution in [1.82, 2.24) is 14.9 Å². The molecular weight excluding hydrogens is 422 g/mol. The van der Waals surface area contributed by atoms with Crippen LogP contribution in [-0.2, 0) is 17.0 Å². The molecular formula is C25H29N3O3S. The number of carbonyl (C=O) groups is 1. The van der Waals surface area contributed by atoms with Crippen molar-refractivity contribution in [3.8, 4) is 0 Å². The zero-order chi connectivity index (χ0) is 22.5. The number of hydrogen-bond donors (Lipinski definition) is 1. The Kier molecular flexibility index (Phi) is 7.27. The summed E-state index contributed by atoms with van der Waals surface area (Å²) in [6, 6.07) is 13.5. The molecule has 1 fully saturated rings. The molecule has 7 heteroatoms. The number of aryl methyl sites for hydroxylation is 1. The predicted octanol–water partition coefficient (Wildman–Crippen LogP) is 4.32. The van der Waals surface area contributed by atoms with Gasteiger partial charge in [0.1, 0.15) is 0 Å². The molecule has 2 aromatic carbocycles. The summed E-state index contributed by atoms with van der Waals surface area (Å²) in [7, 11) is 0. The summed E-state index contributed by atoms with van der Waals surface area (Å²) < 4.78 is 7.54. The van der Waals surface area contributed by atoms with E-state index in [4.69, 9.17) is 9.72 Å². The van der Waals surface area contributed by atoms with Crippen molar-refractivity contribution in [2.24, 2.45) is 0 Å². The van der Waals surface area contributed by atoms with E-state index >= 15 is 0 Å². The Morgan fingerprint density at radius 2 is 2.16 bits per heavy atom. The minimum absolute atomic E-state index is 0.0318. The van der Waals surface area contributed by atoms with Crippen LogP contribution in [0.15, 0.2) is 52.4 Å². The molecule has 1 aliphatic heterocycles. The lowest BCUT2D eigenvalue weighted by Gasteiger charge is -2.17. The van der Waals surface area contributed by atoms with Crippen LogP contribution in [0.25, 0.3) is 10.9 Å². The van der Waals surface area contributed by atoms with Gasteiger partial charge in [0.05, 0.1) is 23.6 Å². The first-order chi connectivity index (χ1) is 15.5. The van der Waals surface area contributed by atoms with Gasteiger partial charge in [-0.3, -0.25) is 14.2 Å². The molecule has 2 heterocycles. The SMILES string of the molecule is CCCNC(=O)c1ccc2c(=O)n(CC3CCCO3)c(SCc3cccc(C)c3)nc2c1. The summed E-state index contributed by atoms with van der Waals surface area (Å²) in [6.07, 6.45) is 2.86. The first kappa shape index (κ1) is 22.6. The molecule has 32 heavy (non-hydrogen) atoms. The molecule has 0 radical (unpaired) electrons. The monoisotopic (exact) mass is 451 g/mol. The lowest BCUT2D eigenvalue weighted by Crippen LogP contribution is -2.29. The van der Waals surface area contributed by atoms with E-state index in [2.05, 4.69) is 30.4 Å². The van der Waals surface area contributed by atoms with Gasteiger partial charge in [-0.2, -0.15) is 0 Å². The fraction of sp³-hybridized carbons (Fsp3) is 0.400. The Labute approximate surface area is 192 Å². The number of hydrogen-bond acceptors (Lipinski definition) is 5. The molecule has 1 aliphatic rings. The first-order valence-electron chi connectivity index (χ1n) is 11.2. The van der Waals surface area contributed by atoms with E-state index in [0.717, 1.165) is 25.9 Å². The molecule has 1 N–H and O–H groups in total. The summed E-state index contributed by atoms with van der Waals surface area (Å²) in [5.41, 5.74) is 3.37. The van der Waals surface area contributed by atoms with E-state index in [9.17, 15) is 9.59 Å². The lowest BCUT2D eigenvalue weighted by atomic mass is 10.1. The largest absolute Gasteiger partial charge is 0.376 e. The maximum absolute atomic E-state index is 13.4. The molecule has 0 aliphatic carbocycles. The van der Waals surface area contributed by atoms with Crippen LogP contribution in [0.3, 0.4) is 0 Å². The fourth-order valence-electron chi connectivity index (χ4n) is 3.90. The molecule has 1 aromatic heterocycles. The van der Waals surface area contributed by atoms with Crippen LogP contribution in [0.4, 0.5) is 0 Å². The third-order valence-corrected chi connectivity index (χ3v) is 6.63. The van der Waals surface area contributed by atoms with Gasteiger partial charge in [-0.05, 0) is 49.9 Å². The van der Waals surface area contributed by atoms with Gasteiger partial charge in [0.15, 0.2) is 5.16 Å². The van der Waals surface area contributed by atoms with Crippen LogP contribution >= 0.6 is 11.8 Å². The number of fused-ring (bicyclic) bond motifs is 1. The van der Waals surface area contributed by atoms with Crippen LogP contribution in [-0.4, -0.2) is 34.7 Å². The van der Waals surface area contributed by atoms with E-state index in [1.54, 1.807) is 34.5 Å². The quantitative estimate of drug-likeness (QED) is 0.408. The number of benzene rings is 2. The number of ether oxygens (including phenoxy) is 1. The molecule has 6 nitrogen and oxygen atoms in total. The Hall–Kier alpha value is -2.64. The Morgan fingerprint density at radius 3 is 2.91 bits per heavy atom. The number of carbonyl (C=O) groups excluding carboxylic acids is 1. The maximum Gasteiger partial charge on any atom is 0.262 e. The lowest BCUT2D eigenvalue weighted by molar-refractivity contribution is 0.0937. The number of nitrogens with one attached hydrogen (secondary N) is 1. The predicted molar refractivity (Wildman–Crippen MR) is 128 cm³/mol. The first-order valence-corrected chi connectivity index (χ1v) is 12.2. The Morgan fingerprint density at radius 1 is 1.28 bits per heavy atom. The van der Waals surface area contributed by atoms with Gasteiger partial charge in [0, 0.05) is 24.5 Å². The minimum atomic E-state index is -0.145. The molecule has 1 atom stereocenters. The zero-order valence-electron chi connectivity index (χ0n) is 18.6. The van der Waals surface area contributed by atoms with E-state index < -0.39 is 0 Å². The molecule has 168 valence electrons. The summed E-state index contributed by atoms with van der Waals surface area (Å²) in [5.74, 6) is 0.565. The molecule has 4 rings (SSSR count). The van der Waals surface area contributed by atoms with E-state index in [0.29, 0.717) is 40.5 Å². The Bertz CT molecular complexity index is 1170. The summed E-state index contributed by atoms with van der Waals surface area (Å²) in [4.78, 5) is 30.7. The zero-order valence-corrected chi connectivity index (χ0v) is 19.4. The highest BCUT2D eigenvalue weighted by Gasteiger charge is 2.21. The van der Waals surface area contributed by atoms with Crippen molar-refractivity contribution in [1.29, 1.82) is 0 Å². The number of amides is 1. The highest BCUT2D eigenvalue weighted by molar-refractivity contribution is 7.98. The summed E-state index contributed by atoms with van der Waals surface area (Å²) in [5, 5.41) is 4.06. The molecule has 1 amide bonds. The third kappa shape index (κ3) is 5.22. The number of nitrogens with zero attached hydrogens (tertiary/aromatic N) is 2. The van der Waals surface area contributed by atoms with Crippen molar-refractivity contribution in [3.63, 3.8) is 0 Å². The average Bonchev–Trinajstić information content (AvgIpc) is 3.31. The maximum atomic E-state index is 13.4. The van der Waals surface area contributed by atoms with Crippen molar-refractivity contribution in [2.45, 2.75) is 56.7 Å². The average molecular weight is 452 g/mol. The van der Waals surface area contributed by atoms with Gasteiger partial charge in [-0.25, -0.2) is 4.98 Å². The molecule has 1 unspecified atom stereocenters. The van der Waals surface area contributed by atoms with Crippen molar-refractivity contribution >= 4 is 28.6 Å². The normalized spacial score (nSPS) is 15.9. The fourth-order valence-corrected chi connectivity index (χ4v) is 4.85. The van der Waals surface area contributed by atoms with Gasteiger partial charge in [-0.15, -0.1) is 0 Å². The summed E-state index contributed by atoms with van der Waals surface area (Å²) >= 11 is 1.55. The number of aromatic nitrogens is 2. The second kappa shape index (κ2) is 10.3. The van der Waals surface area contributed by atoms with Crippen molar-refractivity contribution in [2.75, 3.05) is 13.2 Å². The smallest absolute Gasteiger partial charge is 0.262 e.